The van der Waals surface area contributed by atoms with Crippen LogP contribution < -0.4 is 15.2 Å². The van der Waals surface area contributed by atoms with Gasteiger partial charge in [-0.15, -0.1) is 0 Å². The second-order valence-electron chi connectivity index (χ2n) is 3.84. The molecule has 2 aromatic rings. The predicted octanol–water partition coefficient (Wildman–Crippen LogP) is 4.14. The van der Waals surface area contributed by atoms with Crippen LogP contribution in [0.1, 0.15) is 0 Å². The average molecular weight is 343 g/mol. The van der Waals surface area contributed by atoms with Gasteiger partial charge in [0, 0.05) is 10.2 Å². The van der Waals surface area contributed by atoms with Gasteiger partial charge in [-0.1, -0.05) is 27.5 Å². The molecule has 0 spiro atoms. The molecular formula is C14H13BrClNO2. The van der Waals surface area contributed by atoms with Crippen LogP contribution in [0.2, 0.25) is 5.02 Å². The molecule has 2 N–H and O–H groups in total. The van der Waals surface area contributed by atoms with Crippen molar-refractivity contribution in [3.05, 3.63) is 52.0 Å². The van der Waals surface area contributed by atoms with Crippen LogP contribution in [0.4, 0.5) is 5.69 Å². The summed E-state index contributed by atoms with van der Waals surface area (Å²) < 4.78 is 12.0. The van der Waals surface area contributed by atoms with E-state index in [2.05, 4.69) is 15.9 Å². The van der Waals surface area contributed by atoms with Crippen molar-refractivity contribution in [2.75, 3.05) is 18.9 Å². The van der Waals surface area contributed by atoms with Gasteiger partial charge in [0.1, 0.15) is 24.7 Å². The van der Waals surface area contributed by atoms with Gasteiger partial charge in [-0.3, -0.25) is 0 Å². The summed E-state index contributed by atoms with van der Waals surface area (Å²) in [5.41, 5.74) is 6.30. The maximum Gasteiger partial charge on any atom is 0.139 e. The minimum absolute atomic E-state index is 0.417. The lowest BCUT2D eigenvalue weighted by atomic mass is 10.3. The fourth-order valence-electron chi connectivity index (χ4n) is 1.46. The highest BCUT2D eigenvalue weighted by Gasteiger charge is 2.02. The maximum absolute atomic E-state index is 6.01. The summed E-state index contributed by atoms with van der Waals surface area (Å²) in [5, 5.41) is 0.579. The van der Waals surface area contributed by atoms with Crippen LogP contribution in [0.3, 0.4) is 0 Å². The normalized spacial score (nSPS) is 10.2. The van der Waals surface area contributed by atoms with Gasteiger partial charge < -0.3 is 15.2 Å². The summed E-state index contributed by atoms with van der Waals surface area (Å²) in [6, 6.07) is 12.7. The van der Waals surface area contributed by atoms with E-state index in [1.54, 1.807) is 18.2 Å². The van der Waals surface area contributed by atoms with Gasteiger partial charge >= 0.3 is 0 Å². The molecule has 19 heavy (non-hydrogen) atoms. The summed E-state index contributed by atoms with van der Waals surface area (Å²) in [4.78, 5) is 0. The molecule has 0 fully saturated rings. The van der Waals surface area contributed by atoms with Crippen LogP contribution in [0.5, 0.6) is 11.5 Å². The molecule has 0 heterocycles. The monoisotopic (exact) mass is 341 g/mol. The van der Waals surface area contributed by atoms with E-state index in [1.165, 1.54) is 0 Å². The first-order chi connectivity index (χ1) is 9.15. The average Bonchev–Trinajstić information content (AvgIpc) is 2.40. The molecule has 2 rings (SSSR count). The van der Waals surface area contributed by atoms with Gasteiger partial charge in [0.15, 0.2) is 0 Å². The van der Waals surface area contributed by atoms with Crippen molar-refractivity contribution in [2.24, 2.45) is 0 Å². The lowest BCUT2D eigenvalue weighted by molar-refractivity contribution is 0.217. The second-order valence-corrected chi connectivity index (χ2v) is 5.16. The summed E-state index contributed by atoms with van der Waals surface area (Å²) in [6.45, 7) is 0.854. The SMILES string of the molecule is Nc1ccc(OCCOc2cc(Br)ccc2Cl)cc1. The van der Waals surface area contributed by atoms with Crippen molar-refractivity contribution in [2.45, 2.75) is 0 Å². The Morgan fingerprint density at radius 1 is 1.00 bits per heavy atom. The number of ether oxygens (including phenoxy) is 2. The Bertz CT molecular complexity index is 546. The number of halogens is 2. The Hall–Kier alpha value is -1.39. The molecule has 0 bridgehead atoms. The van der Waals surface area contributed by atoms with Gasteiger partial charge in [0.05, 0.1) is 5.02 Å². The highest BCUT2D eigenvalue weighted by Crippen LogP contribution is 2.27. The van der Waals surface area contributed by atoms with Crippen LogP contribution in [-0.2, 0) is 0 Å². The Labute approximate surface area is 125 Å². The van der Waals surface area contributed by atoms with Crippen LogP contribution in [-0.4, -0.2) is 13.2 Å². The Balaban J connectivity index is 1.80. The molecule has 0 aliphatic heterocycles. The number of nitrogen functional groups attached to an aromatic ring is 1. The quantitative estimate of drug-likeness (QED) is 0.656. The molecule has 100 valence electrons. The maximum atomic E-state index is 6.01. The number of rotatable bonds is 5. The third-order valence-electron chi connectivity index (χ3n) is 2.38. The van der Waals surface area contributed by atoms with E-state index in [-0.39, 0.29) is 0 Å². The molecule has 0 aliphatic rings. The van der Waals surface area contributed by atoms with E-state index >= 15 is 0 Å². The van der Waals surface area contributed by atoms with Crippen molar-refractivity contribution in [3.8, 4) is 11.5 Å². The van der Waals surface area contributed by atoms with Crippen LogP contribution >= 0.6 is 27.5 Å². The van der Waals surface area contributed by atoms with E-state index in [0.29, 0.717) is 29.7 Å². The van der Waals surface area contributed by atoms with Gasteiger partial charge in [0.25, 0.3) is 0 Å². The van der Waals surface area contributed by atoms with Crippen molar-refractivity contribution in [3.63, 3.8) is 0 Å². The first-order valence-electron chi connectivity index (χ1n) is 5.71. The fourth-order valence-corrected chi connectivity index (χ4v) is 1.98. The molecule has 0 saturated heterocycles. The largest absolute Gasteiger partial charge is 0.490 e. The molecule has 0 saturated carbocycles. The van der Waals surface area contributed by atoms with Gasteiger partial charge in [0.2, 0.25) is 0 Å². The molecule has 0 unspecified atom stereocenters. The lowest BCUT2D eigenvalue weighted by Crippen LogP contribution is -2.09. The van der Waals surface area contributed by atoms with E-state index in [9.17, 15) is 0 Å². The molecule has 0 amide bonds. The number of anilines is 1. The van der Waals surface area contributed by atoms with Crippen LogP contribution in [0.25, 0.3) is 0 Å². The highest BCUT2D eigenvalue weighted by atomic mass is 79.9. The van der Waals surface area contributed by atoms with Crippen molar-refractivity contribution in [1.82, 2.24) is 0 Å². The Morgan fingerprint density at radius 3 is 2.42 bits per heavy atom. The van der Waals surface area contributed by atoms with E-state index in [1.807, 2.05) is 24.3 Å². The zero-order chi connectivity index (χ0) is 13.7. The van der Waals surface area contributed by atoms with Gasteiger partial charge in [-0.25, -0.2) is 0 Å². The number of nitrogens with two attached hydrogens (primary N) is 1. The smallest absolute Gasteiger partial charge is 0.139 e. The standard InChI is InChI=1S/C14H13BrClNO2/c15-10-1-6-13(16)14(9-10)19-8-7-18-12-4-2-11(17)3-5-12/h1-6,9H,7-8,17H2. The third kappa shape index (κ3) is 4.33. The minimum Gasteiger partial charge on any atom is -0.490 e. The van der Waals surface area contributed by atoms with Crippen molar-refractivity contribution >= 4 is 33.2 Å². The van der Waals surface area contributed by atoms with Gasteiger partial charge in [-0.2, -0.15) is 0 Å². The van der Waals surface area contributed by atoms with Crippen LogP contribution in [0.15, 0.2) is 46.9 Å². The van der Waals surface area contributed by atoms with E-state index < -0.39 is 0 Å². The molecule has 5 heteroatoms. The topological polar surface area (TPSA) is 44.5 Å². The number of benzene rings is 2. The highest BCUT2D eigenvalue weighted by molar-refractivity contribution is 9.10. The minimum atomic E-state index is 0.417. The number of hydrogen-bond acceptors (Lipinski definition) is 3. The van der Waals surface area contributed by atoms with Crippen LogP contribution in [0, 0.1) is 0 Å². The molecule has 0 aliphatic carbocycles. The molecule has 0 atom stereocenters. The number of hydrogen-bond donors (Lipinski definition) is 1. The summed E-state index contributed by atoms with van der Waals surface area (Å²) in [5.74, 6) is 1.40. The zero-order valence-electron chi connectivity index (χ0n) is 10.1. The molecule has 0 aromatic heterocycles. The Kier molecular flexibility index (Phi) is 4.93. The molecule has 3 nitrogen and oxygen atoms in total. The summed E-state index contributed by atoms with van der Waals surface area (Å²) in [7, 11) is 0. The zero-order valence-corrected chi connectivity index (χ0v) is 12.4. The van der Waals surface area contributed by atoms with Gasteiger partial charge in [-0.05, 0) is 42.5 Å². The fraction of sp³-hybridized carbons (Fsp3) is 0.143. The molecule has 0 radical (unpaired) electrons. The molecular weight excluding hydrogens is 330 g/mol. The first-order valence-corrected chi connectivity index (χ1v) is 6.88. The van der Waals surface area contributed by atoms with E-state index in [0.717, 1.165) is 10.2 Å². The first kappa shape index (κ1) is 14.0. The van der Waals surface area contributed by atoms with E-state index in [4.69, 9.17) is 26.8 Å². The van der Waals surface area contributed by atoms with Crippen molar-refractivity contribution in [1.29, 1.82) is 0 Å². The second kappa shape index (κ2) is 6.68. The van der Waals surface area contributed by atoms with Crippen molar-refractivity contribution < 1.29 is 9.47 Å². The predicted molar refractivity (Wildman–Crippen MR) is 81.0 cm³/mol. The Morgan fingerprint density at radius 2 is 1.68 bits per heavy atom. The summed E-state index contributed by atoms with van der Waals surface area (Å²) in [6.07, 6.45) is 0. The lowest BCUT2D eigenvalue weighted by Gasteiger charge is -2.10. The summed E-state index contributed by atoms with van der Waals surface area (Å²) >= 11 is 9.38. The molecule has 2 aromatic carbocycles. The third-order valence-corrected chi connectivity index (χ3v) is 3.19.